The Morgan fingerprint density at radius 3 is 3.00 bits per heavy atom. The van der Waals surface area contributed by atoms with Crippen LogP contribution in [0.5, 0.6) is 0 Å². The summed E-state index contributed by atoms with van der Waals surface area (Å²) in [6.45, 7) is 0. The van der Waals surface area contributed by atoms with Crippen molar-refractivity contribution in [3.8, 4) is 0 Å². The maximum Gasteiger partial charge on any atom is 0.158 e. The van der Waals surface area contributed by atoms with Gasteiger partial charge >= 0.3 is 0 Å². The van der Waals surface area contributed by atoms with Gasteiger partial charge in [0.25, 0.3) is 0 Å². The quantitative estimate of drug-likeness (QED) is 0.810. The highest BCUT2D eigenvalue weighted by Gasteiger charge is 2.02. The normalized spacial score (nSPS) is 10.1. The highest BCUT2D eigenvalue weighted by molar-refractivity contribution is 9.10. The molecule has 0 atom stereocenters. The lowest BCUT2D eigenvalue weighted by molar-refractivity contribution is 0.614. The van der Waals surface area contributed by atoms with Crippen LogP contribution in [-0.4, -0.2) is 9.97 Å². The third-order valence-electron chi connectivity index (χ3n) is 1.67. The summed E-state index contributed by atoms with van der Waals surface area (Å²) >= 11 is 2.99. The van der Waals surface area contributed by atoms with Crippen LogP contribution in [0.3, 0.4) is 0 Å². The molecule has 0 fully saturated rings. The molecule has 0 bridgehead atoms. The van der Waals surface area contributed by atoms with Gasteiger partial charge in [-0.1, -0.05) is 0 Å². The van der Waals surface area contributed by atoms with Gasteiger partial charge < -0.3 is 10.3 Å². The third kappa shape index (κ3) is 1.93. The fraction of sp³-hybridized carbons (Fsp3) is 0. The van der Waals surface area contributed by atoms with Crippen LogP contribution in [-0.2, 0) is 0 Å². The van der Waals surface area contributed by atoms with Crippen molar-refractivity contribution in [3.63, 3.8) is 0 Å². The van der Waals surface area contributed by atoms with E-state index in [1.165, 1.54) is 6.07 Å². The second kappa shape index (κ2) is 3.79. The van der Waals surface area contributed by atoms with Crippen LogP contribution < -0.4 is 5.32 Å². The van der Waals surface area contributed by atoms with E-state index >= 15 is 0 Å². The number of rotatable bonds is 2. The molecule has 0 saturated carbocycles. The Balaban J connectivity index is 2.22. The molecule has 0 aliphatic rings. The zero-order valence-electron chi connectivity index (χ0n) is 7.09. The van der Waals surface area contributed by atoms with Crippen molar-refractivity contribution in [1.29, 1.82) is 0 Å². The van der Waals surface area contributed by atoms with E-state index in [2.05, 4.69) is 31.2 Å². The van der Waals surface area contributed by atoms with Gasteiger partial charge in [0, 0.05) is 12.3 Å². The average molecular weight is 256 g/mol. The van der Waals surface area contributed by atoms with E-state index in [-0.39, 0.29) is 10.4 Å². The Labute approximate surface area is 88.5 Å². The number of nitrogens with one attached hydrogen (secondary N) is 2. The summed E-state index contributed by atoms with van der Waals surface area (Å²) in [5, 5.41) is 2.97. The molecule has 3 nitrogen and oxygen atoms in total. The number of halogens is 2. The van der Waals surface area contributed by atoms with Crippen LogP contribution in [0.15, 0.2) is 35.2 Å². The molecule has 0 aliphatic heterocycles. The molecule has 0 radical (unpaired) electrons. The lowest BCUT2D eigenvalue weighted by Gasteiger charge is -2.03. The largest absolute Gasteiger partial charge is 0.348 e. The van der Waals surface area contributed by atoms with Crippen molar-refractivity contribution in [3.05, 3.63) is 41.0 Å². The van der Waals surface area contributed by atoms with E-state index < -0.39 is 0 Å². The Bertz CT molecular complexity index is 428. The summed E-state index contributed by atoms with van der Waals surface area (Å²) in [6, 6.07) is 5.07. The topological polar surface area (TPSA) is 40.7 Å². The van der Waals surface area contributed by atoms with Gasteiger partial charge in [0.15, 0.2) is 5.82 Å². The SMILES string of the molecule is Fc1cc(Nc2ccc[nH]2)cnc1Br. The zero-order valence-corrected chi connectivity index (χ0v) is 8.68. The van der Waals surface area contributed by atoms with Crippen molar-refractivity contribution in [2.75, 3.05) is 5.32 Å². The molecule has 72 valence electrons. The van der Waals surface area contributed by atoms with Gasteiger partial charge in [0.2, 0.25) is 0 Å². The summed E-state index contributed by atoms with van der Waals surface area (Å²) < 4.78 is 13.3. The highest BCUT2D eigenvalue weighted by Crippen LogP contribution is 2.18. The van der Waals surface area contributed by atoms with Gasteiger partial charge in [-0.05, 0) is 28.1 Å². The number of nitrogens with zero attached hydrogens (tertiary/aromatic N) is 1. The summed E-state index contributed by atoms with van der Waals surface area (Å²) in [4.78, 5) is 6.77. The Morgan fingerprint density at radius 1 is 1.50 bits per heavy atom. The molecule has 0 unspecified atom stereocenters. The van der Waals surface area contributed by atoms with E-state index in [1.54, 1.807) is 12.4 Å². The predicted molar refractivity (Wildman–Crippen MR) is 56.0 cm³/mol. The summed E-state index contributed by atoms with van der Waals surface area (Å²) in [5.74, 6) is 0.412. The minimum atomic E-state index is -0.387. The fourth-order valence-corrected chi connectivity index (χ4v) is 1.27. The molecule has 2 aromatic rings. The molecule has 2 aromatic heterocycles. The zero-order chi connectivity index (χ0) is 9.97. The van der Waals surface area contributed by atoms with Crippen molar-refractivity contribution in [1.82, 2.24) is 9.97 Å². The molecule has 0 amide bonds. The second-order valence-corrected chi connectivity index (χ2v) is 3.46. The first-order valence-electron chi connectivity index (χ1n) is 3.97. The molecular weight excluding hydrogens is 249 g/mol. The smallest absolute Gasteiger partial charge is 0.158 e. The molecule has 2 heterocycles. The predicted octanol–water partition coefficient (Wildman–Crippen LogP) is 3.05. The van der Waals surface area contributed by atoms with Crippen molar-refractivity contribution >= 4 is 27.4 Å². The maximum atomic E-state index is 13.0. The van der Waals surface area contributed by atoms with Crippen LogP contribution in [0.4, 0.5) is 15.9 Å². The summed E-state index contributed by atoms with van der Waals surface area (Å²) in [6.07, 6.45) is 3.33. The van der Waals surface area contributed by atoms with Crippen LogP contribution in [0.2, 0.25) is 0 Å². The van der Waals surface area contributed by atoms with Crippen molar-refractivity contribution < 1.29 is 4.39 Å². The lowest BCUT2D eigenvalue weighted by atomic mass is 10.4. The Morgan fingerprint density at radius 2 is 2.36 bits per heavy atom. The molecule has 0 aromatic carbocycles. The summed E-state index contributed by atoms with van der Waals surface area (Å²) in [5.41, 5.74) is 0.605. The van der Waals surface area contributed by atoms with Crippen LogP contribution in [0, 0.1) is 5.82 Å². The number of anilines is 2. The lowest BCUT2D eigenvalue weighted by Crippen LogP contribution is -1.93. The molecule has 14 heavy (non-hydrogen) atoms. The number of hydrogen-bond donors (Lipinski definition) is 2. The standard InChI is InChI=1S/C9H7BrFN3/c10-9-7(11)4-6(5-13-9)14-8-2-1-3-12-8/h1-5,12,14H. The first-order chi connectivity index (χ1) is 6.75. The van der Waals surface area contributed by atoms with E-state index in [0.717, 1.165) is 5.82 Å². The van der Waals surface area contributed by atoms with E-state index in [1.807, 2.05) is 12.1 Å². The Kier molecular flexibility index (Phi) is 2.49. The molecule has 2 rings (SSSR count). The fourth-order valence-electron chi connectivity index (χ4n) is 1.05. The number of aromatic amines is 1. The summed E-state index contributed by atoms with van der Waals surface area (Å²) in [7, 11) is 0. The van der Waals surface area contributed by atoms with Crippen LogP contribution >= 0.6 is 15.9 Å². The number of aromatic nitrogens is 2. The van der Waals surface area contributed by atoms with Gasteiger partial charge in [-0.25, -0.2) is 9.37 Å². The molecule has 5 heteroatoms. The first-order valence-corrected chi connectivity index (χ1v) is 4.76. The van der Waals surface area contributed by atoms with Crippen LogP contribution in [0.1, 0.15) is 0 Å². The van der Waals surface area contributed by atoms with Gasteiger partial charge in [-0.15, -0.1) is 0 Å². The first kappa shape index (κ1) is 9.21. The number of H-pyrrole nitrogens is 1. The molecule has 0 aliphatic carbocycles. The van der Waals surface area contributed by atoms with Crippen molar-refractivity contribution in [2.24, 2.45) is 0 Å². The number of hydrogen-bond acceptors (Lipinski definition) is 2. The minimum Gasteiger partial charge on any atom is -0.348 e. The molecular formula is C9H7BrFN3. The van der Waals surface area contributed by atoms with Gasteiger partial charge in [-0.3, -0.25) is 0 Å². The monoisotopic (exact) mass is 255 g/mol. The highest BCUT2D eigenvalue weighted by atomic mass is 79.9. The molecule has 2 N–H and O–H groups in total. The van der Waals surface area contributed by atoms with Gasteiger partial charge in [0.05, 0.1) is 11.9 Å². The third-order valence-corrected chi connectivity index (χ3v) is 2.26. The van der Waals surface area contributed by atoms with Crippen molar-refractivity contribution in [2.45, 2.75) is 0 Å². The molecule has 0 spiro atoms. The number of pyridine rings is 1. The van der Waals surface area contributed by atoms with E-state index in [4.69, 9.17) is 0 Å². The van der Waals surface area contributed by atoms with Gasteiger partial charge in [-0.2, -0.15) is 0 Å². The minimum absolute atomic E-state index is 0.217. The average Bonchev–Trinajstić information content (AvgIpc) is 2.64. The maximum absolute atomic E-state index is 13.0. The van der Waals surface area contributed by atoms with E-state index in [0.29, 0.717) is 5.69 Å². The molecule has 0 saturated heterocycles. The van der Waals surface area contributed by atoms with E-state index in [9.17, 15) is 4.39 Å². The Hall–Kier alpha value is -1.36. The second-order valence-electron chi connectivity index (χ2n) is 2.71. The van der Waals surface area contributed by atoms with Gasteiger partial charge in [0.1, 0.15) is 10.4 Å². The van der Waals surface area contributed by atoms with Crippen LogP contribution in [0.25, 0.3) is 0 Å².